The second kappa shape index (κ2) is 17.0. The van der Waals surface area contributed by atoms with Gasteiger partial charge in [0.05, 0.1) is 23.5 Å². The lowest BCUT2D eigenvalue weighted by Crippen LogP contribution is -2.32. The lowest BCUT2D eigenvalue weighted by Gasteiger charge is -2.17. The van der Waals surface area contributed by atoms with Crippen molar-refractivity contribution in [3.63, 3.8) is 0 Å². The van der Waals surface area contributed by atoms with Gasteiger partial charge in [-0.2, -0.15) is 0 Å². The number of hydrogen-bond acceptors (Lipinski definition) is 7. The number of para-hydroxylation sites is 1. The summed E-state index contributed by atoms with van der Waals surface area (Å²) in [5.74, 6) is 1.80. The van der Waals surface area contributed by atoms with Crippen molar-refractivity contribution in [2.45, 2.75) is 90.8 Å². The molecule has 4 rings (SSSR count). The number of amides is 1. The molecular weight excluding hydrogens is 562 g/mol. The van der Waals surface area contributed by atoms with Crippen molar-refractivity contribution in [1.82, 2.24) is 30.1 Å². The van der Waals surface area contributed by atoms with Gasteiger partial charge in [0.15, 0.2) is 5.82 Å². The number of Topliss-reactive ketones (excluding diaryl/α,β-unsaturated/α-hetero) is 1. The first-order valence-electron chi connectivity index (χ1n) is 16.5. The van der Waals surface area contributed by atoms with Gasteiger partial charge in [0.25, 0.3) is 0 Å². The van der Waals surface area contributed by atoms with Gasteiger partial charge in [0.2, 0.25) is 5.91 Å². The Balaban J connectivity index is 1.23. The highest BCUT2D eigenvalue weighted by Crippen LogP contribution is 2.29. The van der Waals surface area contributed by atoms with E-state index in [0.29, 0.717) is 18.8 Å². The highest BCUT2D eigenvalue weighted by molar-refractivity contribution is 6.06. The number of aromatic nitrogens is 3. The quantitative estimate of drug-likeness (QED) is 0.121. The minimum atomic E-state index is -0.0933. The summed E-state index contributed by atoms with van der Waals surface area (Å²) in [6, 6.07) is 16.5. The molecule has 0 spiro atoms. The van der Waals surface area contributed by atoms with Gasteiger partial charge < -0.3 is 25.8 Å². The molecule has 9 heteroatoms. The number of unbranched alkanes of at least 4 members (excludes halogenated alkanes) is 3. The summed E-state index contributed by atoms with van der Waals surface area (Å²) in [6.07, 6.45) is 8.22. The molecule has 9 nitrogen and oxygen atoms in total. The molecule has 0 saturated heterocycles. The molecule has 2 aromatic heterocycles. The van der Waals surface area contributed by atoms with Crippen LogP contribution >= 0.6 is 0 Å². The van der Waals surface area contributed by atoms with Crippen LogP contribution in [-0.4, -0.2) is 64.4 Å². The van der Waals surface area contributed by atoms with Crippen LogP contribution in [0.3, 0.4) is 0 Å². The van der Waals surface area contributed by atoms with E-state index >= 15 is 0 Å². The Morgan fingerprint density at radius 2 is 1.73 bits per heavy atom. The third kappa shape index (κ3) is 9.58. The van der Waals surface area contributed by atoms with Gasteiger partial charge in [-0.15, -0.1) is 0 Å². The summed E-state index contributed by atoms with van der Waals surface area (Å²) in [5.41, 5.74) is 11.5. The van der Waals surface area contributed by atoms with E-state index in [1.165, 1.54) is 5.56 Å². The van der Waals surface area contributed by atoms with Gasteiger partial charge in [0, 0.05) is 31.4 Å². The number of carbonyl (C=O) groups excluding carboxylic acids is 2. The molecule has 0 aliphatic carbocycles. The molecule has 4 aromatic rings. The topological polar surface area (TPSA) is 118 Å². The molecule has 4 N–H and O–H groups in total. The van der Waals surface area contributed by atoms with Crippen molar-refractivity contribution in [2.75, 3.05) is 32.9 Å². The van der Waals surface area contributed by atoms with Gasteiger partial charge in [-0.25, -0.2) is 9.97 Å². The monoisotopic (exact) mass is 613 g/mol. The number of ketones is 1. The smallest absolute Gasteiger partial charge is 0.224 e. The Labute approximate surface area is 268 Å². The molecular formula is C36H51N7O2. The van der Waals surface area contributed by atoms with Crippen molar-refractivity contribution in [3.8, 4) is 0 Å². The van der Waals surface area contributed by atoms with Crippen molar-refractivity contribution in [1.29, 1.82) is 0 Å². The molecule has 45 heavy (non-hydrogen) atoms. The van der Waals surface area contributed by atoms with Gasteiger partial charge in [-0.05, 0) is 83.3 Å². The number of nitrogens with one attached hydrogen (secondary N) is 2. The molecule has 0 aliphatic rings. The van der Waals surface area contributed by atoms with Gasteiger partial charge in [0.1, 0.15) is 17.1 Å². The maximum atomic E-state index is 12.4. The number of anilines is 1. The van der Waals surface area contributed by atoms with Crippen LogP contribution in [0.25, 0.3) is 21.9 Å². The first-order chi connectivity index (χ1) is 21.8. The molecule has 0 radical (unpaired) electrons. The normalized spacial score (nSPS) is 12.3. The van der Waals surface area contributed by atoms with Crippen molar-refractivity contribution in [2.24, 2.45) is 0 Å². The fraction of sp³-hybridized carbons (Fsp3) is 0.500. The number of pyridine rings is 1. The largest absolute Gasteiger partial charge is 0.382 e. The Kier molecular flexibility index (Phi) is 12.9. The molecule has 1 amide bonds. The molecule has 0 aliphatic heterocycles. The number of rotatable bonds is 19. The lowest BCUT2D eigenvalue weighted by molar-refractivity contribution is -0.121. The van der Waals surface area contributed by atoms with Crippen molar-refractivity contribution < 1.29 is 9.59 Å². The summed E-state index contributed by atoms with van der Waals surface area (Å²) in [6.45, 7) is 7.22. The number of aryl methyl sites for hydroxylation is 2. The van der Waals surface area contributed by atoms with Crippen LogP contribution in [0.1, 0.15) is 75.7 Å². The molecule has 0 bridgehead atoms. The Bertz CT molecular complexity index is 1550. The standard InChI is InChI=1S/C36H51N7O2/c1-5-6-16-32-41-34-35(29-13-7-8-15-31(29)40-36(34)37)43(32)23-12-11-22-42(4)25-28-19-17-27(18-20-28)24-33(45)39-21-10-9-14-30(38-3)26(2)44/h7-8,13,15,17-20,30,38H,5-6,9-12,14,16,21-25H2,1-4H3,(H2,37,40)(H,39,45). The van der Waals surface area contributed by atoms with Gasteiger partial charge in [-0.1, -0.05) is 55.8 Å². The minimum Gasteiger partial charge on any atom is -0.382 e. The highest BCUT2D eigenvalue weighted by Gasteiger charge is 2.17. The second-order valence-electron chi connectivity index (χ2n) is 12.2. The summed E-state index contributed by atoms with van der Waals surface area (Å²) in [7, 11) is 3.97. The number of nitrogens with zero attached hydrogens (tertiary/aromatic N) is 4. The van der Waals surface area contributed by atoms with Crippen LogP contribution in [0.2, 0.25) is 0 Å². The third-order valence-corrected chi connectivity index (χ3v) is 8.54. The van der Waals surface area contributed by atoms with E-state index in [4.69, 9.17) is 10.7 Å². The van der Waals surface area contributed by atoms with Crippen LogP contribution in [0.4, 0.5) is 5.82 Å². The zero-order valence-corrected chi connectivity index (χ0v) is 27.6. The zero-order chi connectivity index (χ0) is 32.2. The van der Waals surface area contributed by atoms with Gasteiger partial charge in [-0.3, -0.25) is 9.59 Å². The fourth-order valence-electron chi connectivity index (χ4n) is 5.98. The van der Waals surface area contributed by atoms with Crippen molar-refractivity contribution >= 4 is 39.4 Å². The average Bonchev–Trinajstić information content (AvgIpc) is 3.40. The fourth-order valence-corrected chi connectivity index (χ4v) is 5.98. The molecule has 2 heterocycles. The molecule has 242 valence electrons. The average molecular weight is 614 g/mol. The molecule has 0 fully saturated rings. The number of nitrogen functional groups attached to an aromatic ring is 1. The Morgan fingerprint density at radius 1 is 0.978 bits per heavy atom. The van der Waals surface area contributed by atoms with Crippen LogP contribution < -0.4 is 16.4 Å². The van der Waals surface area contributed by atoms with E-state index in [-0.39, 0.29) is 17.7 Å². The Hall–Kier alpha value is -3.82. The number of fused-ring (bicyclic) bond motifs is 3. The lowest BCUT2D eigenvalue weighted by atomic mass is 10.1. The van der Waals surface area contributed by atoms with E-state index in [0.717, 1.165) is 104 Å². The van der Waals surface area contributed by atoms with Crippen LogP contribution in [-0.2, 0) is 35.5 Å². The number of benzene rings is 2. The van der Waals surface area contributed by atoms with E-state index in [1.807, 2.05) is 19.2 Å². The predicted molar refractivity (Wildman–Crippen MR) is 184 cm³/mol. The summed E-state index contributed by atoms with van der Waals surface area (Å²) < 4.78 is 2.38. The minimum absolute atomic E-state index is 0.0343. The third-order valence-electron chi connectivity index (χ3n) is 8.54. The summed E-state index contributed by atoms with van der Waals surface area (Å²) in [5, 5.41) is 7.15. The summed E-state index contributed by atoms with van der Waals surface area (Å²) in [4.78, 5) is 35.8. The SMILES string of the molecule is CCCCc1nc2c(N)nc3ccccc3c2n1CCCCN(C)Cc1ccc(CC(=O)NCCCCC(NC)C(C)=O)cc1. The van der Waals surface area contributed by atoms with Gasteiger partial charge >= 0.3 is 0 Å². The van der Waals surface area contributed by atoms with E-state index in [1.54, 1.807) is 6.92 Å². The number of carbonyl (C=O) groups is 2. The van der Waals surface area contributed by atoms with Crippen molar-refractivity contribution in [3.05, 3.63) is 65.5 Å². The molecule has 1 unspecified atom stereocenters. The zero-order valence-electron chi connectivity index (χ0n) is 27.6. The number of imidazole rings is 1. The molecule has 0 saturated carbocycles. The second-order valence-corrected chi connectivity index (χ2v) is 12.2. The first-order valence-corrected chi connectivity index (χ1v) is 16.5. The number of likely N-dealkylation sites (N-methyl/N-ethyl adjacent to an activating group) is 1. The number of nitrogens with two attached hydrogens (primary N) is 1. The maximum absolute atomic E-state index is 12.4. The molecule has 2 aromatic carbocycles. The predicted octanol–water partition coefficient (Wildman–Crippen LogP) is 5.43. The first kappa shape index (κ1) is 34.1. The maximum Gasteiger partial charge on any atom is 0.224 e. The number of hydrogen-bond donors (Lipinski definition) is 3. The highest BCUT2D eigenvalue weighted by atomic mass is 16.1. The molecule has 1 atom stereocenters. The van der Waals surface area contributed by atoms with Crippen LogP contribution in [0, 0.1) is 0 Å². The van der Waals surface area contributed by atoms with E-state index in [2.05, 4.69) is 75.5 Å². The van der Waals surface area contributed by atoms with Crippen LogP contribution in [0.15, 0.2) is 48.5 Å². The van der Waals surface area contributed by atoms with E-state index < -0.39 is 0 Å². The van der Waals surface area contributed by atoms with E-state index in [9.17, 15) is 9.59 Å². The Morgan fingerprint density at radius 3 is 2.47 bits per heavy atom. The summed E-state index contributed by atoms with van der Waals surface area (Å²) >= 11 is 0. The van der Waals surface area contributed by atoms with Crippen LogP contribution in [0.5, 0.6) is 0 Å².